The Labute approximate surface area is 168 Å². The van der Waals surface area contributed by atoms with E-state index in [0.29, 0.717) is 0 Å². The summed E-state index contributed by atoms with van der Waals surface area (Å²) >= 11 is 0. The number of carboxylic acids is 1. The molecule has 7 atom stereocenters. The Bertz CT molecular complexity index is 771. The van der Waals surface area contributed by atoms with Crippen molar-refractivity contribution in [2.75, 3.05) is 0 Å². The number of aliphatic hydroxyl groups excluding tert-OH is 4. The highest BCUT2D eigenvalue weighted by Crippen LogP contribution is 2.31. The number of primary amides is 1. The third-order valence-electron chi connectivity index (χ3n) is 4.19. The van der Waals surface area contributed by atoms with Crippen LogP contribution >= 0.6 is 0 Å². The number of nitrogens with two attached hydrogens (primary N) is 1. The molecule has 1 saturated heterocycles. The third-order valence-corrected chi connectivity index (χ3v) is 4.19. The lowest BCUT2D eigenvalue weighted by Crippen LogP contribution is -2.52. The van der Waals surface area contributed by atoms with E-state index >= 15 is 0 Å². The number of aliphatic hydroxyl groups is 4. The van der Waals surface area contributed by atoms with Crippen molar-refractivity contribution in [3.8, 4) is 0 Å². The Morgan fingerprint density at radius 1 is 1.23 bits per heavy atom. The number of aliphatic carboxylic acids is 1. The molecule has 0 spiro atoms. The maximum atomic E-state index is 12.1. The summed E-state index contributed by atoms with van der Waals surface area (Å²) in [5.74, 6) is -3.05. The van der Waals surface area contributed by atoms with Crippen LogP contribution in [0.4, 0.5) is 4.79 Å². The van der Waals surface area contributed by atoms with E-state index in [2.05, 4.69) is 15.5 Å². The quantitative estimate of drug-likeness (QED) is 0.200. The van der Waals surface area contributed by atoms with Crippen LogP contribution in [0.15, 0.2) is 4.42 Å². The van der Waals surface area contributed by atoms with Crippen molar-refractivity contribution >= 4 is 17.9 Å². The number of carbonyl (C=O) groups is 3. The predicted molar refractivity (Wildman–Crippen MR) is 92.1 cm³/mol. The molecule has 0 bridgehead atoms. The van der Waals surface area contributed by atoms with E-state index in [1.165, 1.54) is 0 Å². The number of hydrogen-bond acceptors (Lipinski definition) is 11. The van der Waals surface area contributed by atoms with Crippen molar-refractivity contribution in [1.29, 1.82) is 0 Å². The number of carbonyl (C=O) groups excluding carboxylic acids is 2. The highest BCUT2D eigenvalue weighted by atomic mass is 16.6. The van der Waals surface area contributed by atoms with Crippen LogP contribution in [0.2, 0.25) is 0 Å². The predicted octanol–water partition coefficient (Wildman–Crippen LogP) is -3.38. The Hall–Kier alpha value is -2.85. The second-order valence-corrected chi connectivity index (χ2v) is 6.68. The SMILES string of the molecule is CC(O)[C@H](NC(=O)N[C@@H](CC(N)=O)c1nnc([C@H]2O[C@@H](O)C[C@@H](O)[C@@H]2O)o1)C(=O)O. The van der Waals surface area contributed by atoms with Gasteiger partial charge in [-0.2, -0.15) is 0 Å². The molecule has 1 aromatic rings. The molecule has 15 heteroatoms. The Balaban J connectivity index is 2.17. The zero-order valence-electron chi connectivity index (χ0n) is 15.7. The molecule has 9 N–H and O–H groups in total. The normalized spacial score (nSPS) is 27.0. The summed E-state index contributed by atoms with van der Waals surface area (Å²) in [5, 5.41) is 59.3. The van der Waals surface area contributed by atoms with E-state index < -0.39 is 67.1 Å². The van der Waals surface area contributed by atoms with Crippen molar-refractivity contribution in [3.63, 3.8) is 0 Å². The van der Waals surface area contributed by atoms with Gasteiger partial charge in [0.15, 0.2) is 18.4 Å². The smallest absolute Gasteiger partial charge is 0.328 e. The molecule has 1 aliphatic rings. The second-order valence-electron chi connectivity index (χ2n) is 6.68. The maximum absolute atomic E-state index is 12.1. The van der Waals surface area contributed by atoms with E-state index in [9.17, 15) is 34.8 Å². The summed E-state index contributed by atoms with van der Waals surface area (Å²) in [6.07, 6.45) is -7.76. The molecule has 1 aliphatic heterocycles. The summed E-state index contributed by atoms with van der Waals surface area (Å²) < 4.78 is 10.4. The zero-order valence-corrected chi connectivity index (χ0v) is 15.7. The van der Waals surface area contributed by atoms with Gasteiger partial charge in [-0.05, 0) is 6.92 Å². The molecule has 0 radical (unpaired) electrons. The van der Waals surface area contributed by atoms with Crippen molar-refractivity contribution in [3.05, 3.63) is 11.8 Å². The number of urea groups is 1. The zero-order chi connectivity index (χ0) is 22.6. The van der Waals surface area contributed by atoms with Gasteiger partial charge < -0.3 is 51.1 Å². The first-order valence-corrected chi connectivity index (χ1v) is 8.78. The molecule has 3 amide bonds. The van der Waals surface area contributed by atoms with E-state index in [4.69, 9.17) is 20.0 Å². The van der Waals surface area contributed by atoms with E-state index in [1.807, 2.05) is 5.32 Å². The minimum atomic E-state index is -1.63. The van der Waals surface area contributed by atoms with Gasteiger partial charge in [0.1, 0.15) is 12.1 Å². The van der Waals surface area contributed by atoms with Crippen LogP contribution in [0, 0.1) is 0 Å². The molecule has 1 fully saturated rings. The van der Waals surface area contributed by atoms with Crippen LogP contribution in [0.25, 0.3) is 0 Å². The summed E-state index contributed by atoms with van der Waals surface area (Å²) in [4.78, 5) is 34.5. The molecular weight excluding hydrogens is 410 g/mol. The lowest BCUT2D eigenvalue weighted by molar-refractivity contribution is -0.240. The molecule has 0 aromatic carbocycles. The number of carboxylic acid groups (broad SMARTS) is 1. The monoisotopic (exact) mass is 433 g/mol. The summed E-state index contributed by atoms with van der Waals surface area (Å²) in [5.41, 5.74) is 5.15. The molecule has 0 saturated carbocycles. The van der Waals surface area contributed by atoms with E-state index in [1.54, 1.807) is 0 Å². The maximum Gasteiger partial charge on any atom is 0.328 e. The minimum absolute atomic E-state index is 0.237. The number of hydrogen-bond donors (Lipinski definition) is 8. The molecule has 1 unspecified atom stereocenters. The lowest BCUT2D eigenvalue weighted by Gasteiger charge is -2.32. The van der Waals surface area contributed by atoms with Gasteiger partial charge in [0, 0.05) is 6.42 Å². The van der Waals surface area contributed by atoms with Crippen LogP contribution < -0.4 is 16.4 Å². The standard InChI is InChI=1S/C15H23N5O10/c1-4(21)9(14(26)27)18-15(28)17-5(2-7(16)23)12-19-20-13(30-12)11-10(25)6(22)3-8(24)29-11/h4-6,8-11,21-22,24-25H,2-3H2,1H3,(H2,16,23)(H,26,27)(H2,17,18,28)/t4?,5-,6+,8+,9-,10-,11-/m0/s1. The first-order valence-electron chi connectivity index (χ1n) is 8.78. The molecule has 2 rings (SSSR count). The third kappa shape index (κ3) is 5.83. The van der Waals surface area contributed by atoms with Crippen LogP contribution in [-0.2, 0) is 14.3 Å². The van der Waals surface area contributed by atoms with Gasteiger partial charge in [-0.3, -0.25) is 4.79 Å². The summed E-state index contributed by atoms with van der Waals surface area (Å²) in [7, 11) is 0. The number of amides is 3. The molecular formula is C15H23N5O10. The first-order chi connectivity index (χ1) is 14.0. The largest absolute Gasteiger partial charge is 0.480 e. The first kappa shape index (κ1) is 23.4. The molecule has 30 heavy (non-hydrogen) atoms. The number of rotatable bonds is 8. The Kier molecular flexibility index (Phi) is 7.63. The van der Waals surface area contributed by atoms with E-state index in [0.717, 1.165) is 6.92 Å². The molecule has 1 aromatic heterocycles. The van der Waals surface area contributed by atoms with Gasteiger partial charge in [0.25, 0.3) is 0 Å². The summed E-state index contributed by atoms with van der Waals surface area (Å²) in [6, 6.07) is -4.00. The van der Waals surface area contributed by atoms with Gasteiger partial charge in [0.2, 0.25) is 17.7 Å². The molecule has 15 nitrogen and oxygen atoms in total. The molecule has 0 aliphatic carbocycles. The Morgan fingerprint density at radius 2 is 1.90 bits per heavy atom. The number of aromatic nitrogens is 2. The van der Waals surface area contributed by atoms with Crippen LogP contribution in [0.3, 0.4) is 0 Å². The van der Waals surface area contributed by atoms with Gasteiger partial charge in [-0.25, -0.2) is 9.59 Å². The van der Waals surface area contributed by atoms with Gasteiger partial charge in [-0.15, -0.1) is 10.2 Å². The van der Waals surface area contributed by atoms with Crippen LogP contribution in [0.5, 0.6) is 0 Å². The fourth-order valence-corrected chi connectivity index (χ4v) is 2.69. The molecule has 2 heterocycles. The highest BCUT2D eigenvalue weighted by Gasteiger charge is 2.40. The second kappa shape index (κ2) is 9.77. The van der Waals surface area contributed by atoms with Gasteiger partial charge in [0.05, 0.1) is 18.6 Å². The Morgan fingerprint density at radius 3 is 2.47 bits per heavy atom. The van der Waals surface area contributed by atoms with Gasteiger partial charge in [-0.1, -0.05) is 0 Å². The van der Waals surface area contributed by atoms with E-state index in [-0.39, 0.29) is 18.2 Å². The van der Waals surface area contributed by atoms with Gasteiger partial charge >= 0.3 is 12.0 Å². The van der Waals surface area contributed by atoms with Crippen molar-refractivity contribution in [1.82, 2.24) is 20.8 Å². The average molecular weight is 433 g/mol. The number of ether oxygens (including phenoxy) is 1. The molecule has 168 valence electrons. The number of nitrogens with zero attached hydrogens (tertiary/aromatic N) is 2. The van der Waals surface area contributed by atoms with Crippen LogP contribution in [-0.4, -0.2) is 84.3 Å². The highest BCUT2D eigenvalue weighted by molar-refractivity contribution is 5.83. The fourth-order valence-electron chi connectivity index (χ4n) is 2.69. The summed E-state index contributed by atoms with van der Waals surface area (Å²) in [6.45, 7) is 1.16. The minimum Gasteiger partial charge on any atom is -0.480 e. The van der Waals surface area contributed by atoms with Crippen molar-refractivity contribution < 1.29 is 49.1 Å². The topological polar surface area (TPSA) is 251 Å². The van der Waals surface area contributed by atoms with Crippen molar-refractivity contribution in [2.45, 2.75) is 62.6 Å². The average Bonchev–Trinajstić information content (AvgIpc) is 3.11. The number of nitrogens with one attached hydrogen (secondary N) is 2. The van der Waals surface area contributed by atoms with Crippen molar-refractivity contribution in [2.24, 2.45) is 5.73 Å². The van der Waals surface area contributed by atoms with Crippen LogP contribution in [0.1, 0.15) is 43.7 Å². The fraction of sp³-hybridized carbons (Fsp3) is 0.667. The lowest BCUT2D eigenvalue weighted by atomic mass is 10.0.